The molecular formula is C20H29N5O2. The number of β-amino-alcohol motifs (C(OH)–C–C–N with tert-alkyl or cyclic N) is 1. The minimum absolute atomic E-state index is 0.159. The second kappa shape index (κ2) is 7.58. The van der Waals surface area contributed by atoms with Crippen molar-refractivity contribution >= 4 is 0 Å². The van der Waals surface area contributed by atoms with Gasteiger partial charge >= 0.3 is 0 Å². The van der Waals surface area contributed by atoms with Crippen molar-refractivity contribution in [2.45, 2.75) is 58.1 Å². The van der Waals surface area contributed by atoms with E-state index in [-0.39, 0.29) is 12.1 Å². The lowest BCUT2D eigenvalue weighted by molar-refractivity contribution is 0.155. The first-order valence-corrected chi connectivity index (χ1v) is 9.76. The molecule has 3 heterocycles. The predicted octanol–water partition coefficient (Wildman–Crippen LogP) is 1.82. The number of ether oxygens (including phenoxy) is 1. The Morgan fingerprint density at radius 2 is 2.11 bits per heavy atom. The number of fused-ring (bicyclic) bond motifs is 1. The minimum Gasteiger partial charge on any atom is -0.497 e. The summed E-state index contributed by atoms with van der Waals surface area (Å²) in [5, 5.41) is 19.2. The normalized spacial score (nSPS) is 23.7. The fraction of sp³-hybridized carbons (Fsp3) is 0.600. The highest BCUT2D eigenvalue weighted by atomic mass is 16.5. The number of hydrogen-bond acceptors (Lipinski definition) is 6. The number of aliphatic hydroxyl groups excluding tert-OH is 1. The zero-order valence-electron chi connectivity index (χ0n) is 16.4. The molecule has 0 amide bonds. The zero-order valence-corrected chi connectivity index (χ0v) is 16.4. The van der Waals surface area contributed by atoms with E-state index in [1.807, 2.05) is 12.1 Å². The number of hydrogen-bond donors (Lipinski definition) is 1. The lowest BCUT2D eigenvalue weighted by Gasteiger charge is -2.31. The van der Waals surface area contributed by atoms with Gasteiger partial charge < -0.3 is 14.4 Å². The fourth-order valence-corrected chi connectivity index (χ4v) is 4.30. The first-order valence-electron chi connectivity index (χ1n) is 9.76. The molecule has 2 aliphatic heterocycles. The van der Waals surface area contributed by atoms with Crippen LogP contribution in [-0.2, 0) is 19.6 Å². The molecular weight excluding hydrogens is 342 g/mol. The minimum atomic E-state index is -0.279. The average Bonchev–Trinajstić information content (AvgIpc) is 3.24. The molecule has 0 spiro atoms. The smallest absolute Gasteiger partial charge is 0.150 e. The maximum absolute atomic E-state index is 10.2. The molecule has 1 N–H and O–H groups in total. The molecule has 7 nitrogen and oxygen atoms in total. The van der Waals surface area contributed by atoms with Crippen LogP contribution in [0.15, 0.2) is 24.3 Å². The third-order valence-corrected chi connectivity index (χ3v) is 5.68. The number of rotatable bonds is 5. The van der Waals surface area contributed by atoms with Crippen molar-refractivity contribution in [2.75, 3.05) is 20.2 Å². The molecule has 146 valence electrons. The number of aromatic nitrogens is 3. The molecule has 1 saturated heterocycles. The van der Waals surface area contributed by atoms with E-state index >= 15 is 0 Å². The maximum atomic E-state index is 10.2. The summed E-state index contributed by atoms with van der Waals surface area (Å²) in [7, 11) is 1.70. The third-order valence-electron chi connectivity index (χ3n) is 5.68. The monoisotopic (exact) mass is 371 g/mol. The summed E-state index contributed by atoms with van der Waals surface area (Å²) in [6.45, 7) is 8.59. The molecule has 7 heteroatoms. The molecule has 2 aliphatic rings. The van der Waals surface area contributed by atoms with Gasteiger partial charge in [0.25, 0.3) is 0 Å². The second-order valence-electron chi connectivity index (χ2n) is 7.88. The van der Waals surface area contributed by atoms with Gasteiger partial charge in [-0.3, -0.25) is 9.80 Å². The van der Waals surface area contributed by atoms with E-state index < -0.39 is 0 Å². The lowest BCUT2D eigenvalue weighted by atomic mass is 10.1. The first kappa shape index (κ1) is 18.4. The van der Waals surface area contributed by atoms with Gasteiger partial charge in [-0.1, -0.05) is 12.1 Å². The Kier molecular flexibility index (Phi) is 5.16. The summed E-state index contributed by atoms with van der Waals surface area (Å²) in [4.78, 5) is 4.73. The SMILES string of the molecule is COc1cccc(CN2CCn3c(nnc3[C@@H]3C[C@H](O)CN3C(C)C)C2)c1. The van der Waals surface area contributed by atoms with Crippen molar-refractivity contribution in [3.05, 3.63) is 41.5 Å². The van der Waals surface area contributed by atoms with Gasteiger partial charge in [0.05, 0.1) is 25.8 Å². The van der Waals surface area contributed by atoms with E-state index in [0.717, 1.165) is 50.0 Å². The molecule has 0 aliphatic carbocycles. The quantitative estimate of drug-likeness (QED) is 0.865. The molecule has 2 atom stereocenters. The highest BCUT2D eigenvalue weighted by Gasteiger charge is 2.37. The van der Waals surface area contributed by atoms with Crippen LogP contribution < -0.4 is 4.74 Å². The maximum Gasteiger partial charge on any atom is 0.150 e. The summed E-state index contributed by atoms with van der Waals surface area (Å²) in [5.74, 6) is 2.92. The Morgan fingerprint density at radius 3 is 2.89 bits per heavy atom. The number of likely N-dealkylation sites (tertiary alicyclic amines) is 1. The molecule has 2 aromatic rings. The molecule has 1 aromatic heterocycles. The largest absolute Gasteiger partial charge is 0.497 e. The van der Waals surface area contributed by atoms with Crippen molar-refractivity contribution in [2.24, 2.45) is 0 Å². The summed E-state index contributed by atoms with van der Waals surface area (Å²) in [5.41, 5.74) is 1.24. The number of nitrogens with zero attached hydrogens (tertiary/aromatic N) is 5. The van der Waals surface area contributed by atoms with Gasteiger partial charge in [-0.2, -0.15) is 0 Å². The Bertz CT molecular complexity index is 790. The van der Waals surface area contributed by atoms with Gasteiger partial charge in [0, 0.05) is 32.2 Å². The van der Waals surface area contributed by atoms with Gasteiger partial charge in [0.1, 0.15) is 11.6 Å². The Labute approximate surface area is 160 Å². The van der Waals surface area contributed by atoms with E-state index in [4.69, 9.17) is 4.74 Å². The molecule has 27 heavy (non-hydrogen) atoms. The van der Waals surface area contributed by atoms with Gasteiger partial charge in [-0.25, -0.2) is 0 Å². The van der Waals surface area contributed by atoms with Gasteiger partial charge in [-0.05, 0) is 38.0 Å². The zero-order chi connectivity index (χ0) is 19.0. The highest BCUT2D eigenvalue weighted by Crippen LogP contribution is 2.34. The van der Waals surface area contributed by atoms with Gasteiger partial charge in [-0.15, -0.1) is 10.2 Å². The molecule has 0 radical (unpaired) electrons. The van der Waals surface area contributed by atoms with Crippen molar-refractivity contribution < 1.29 is 9.84 Å². The number of benzene rings is 1. The standard InChI is InChI=1S/C20H29N5O2/c1-14(2)25-12-16(26)10-18(25)20-22-21-19-13-23(7-8-24(19)20)11-15-5-4-6-17(9-15)27-3/h4-6,9,14,16,18,26H,7-8,10-13H2,1-3H3/t16-,18-/m0/s1. The fourth-order valence-electron chi connectivity index (χ4n) is 4.30. The number of methoxy groups -OCH3 is 1. The second-order valence-corrected chi connectivity index (χ2v) is 7.88. The van der Waals surface area contributed by atoms with Crippen LogP contribution in [0.1, 0.15) is 43.5 Å². The van der Waals surface area contributed by atoms with Crippen LogP contribution in [0, 0.1) is 0 Å². The number of aliphatic hydroxyl groups is 1. The molecule has 0 bridgehead atoms. The van der Waals surface area contributed by atoms with Crippen LogP contribution in [0.2, 0.25) is 0 Å². The Morgan fingerprint density at radius 1 is 1.26 bits per heavy atom. The van der Waals surface area contributed by atoms with E-state index in [1.54, 1.807) is 7.11 Å². The molecule has 4 rings (SSSR count). The third kappa shape index (κ3) is 3.72. The summed E-state index contributed by atoms with van der Waals surface area (Å²) in [6, 6.07) is 8.77. The summed E-state index contributed by atoms with van der Waals surface area (Å²) >= 11 is 0. The summed E-state index contributed by atoms with van der Waals surface area (Å²) in [6.07, 6.45) is 0.461. The van der Waals surface area contributed by atoms with E-state index in [9.17, 15) is 5.11 Å². The lowest BCUT2D eigenvalue weighted by Crippen LogP contribution is -2.36. The van der Waals surface area contributed by atoms with Crippen LogP contribution in [-0.4, -0.2) is 62.0 Å². The van der Waals surface area contributed by atoms with E-state index in [2.05, 4.69) is 50.5 Å². The van der Waals surface area contributed by atoms with Crippen LogP contribution in [0.4, 0.5) is 0 Å². The van der Waals surface area contributed by atoms with Crippen molar-refractivity contribution in [1.29, 1.82) is 0 Å². The first-order chi connectivity index (χ1) is 13.0. The van der Waals surface area contributed by atoms with Crippen LogP contribution in [0.3, 0.4) is 0 Å². The Balaban J connectivity index is 1.49. The molecule has 1 aromatic carbocycles. The van der Waals surface area contributed by atoms with Crippen molar-refractivity contribution in [1.82, 2.24) is 24.6 Å². The van der Waals surface area contributed by atoms with E-state index in [1.165, 1.54) is 5.56 Å². The molecule has 0 saturated carbocycles. The van der Waals surface area contributed by atoms with E-state index in [0.29, 0.717) is 12.6 Å². The van der Waals surface area contributed by atoms with Gasteiger partial charge in [0.15, 0.2) is 5.82 Å². The summed E-state index contributed by atoms with van der Waals surface area (Å²) < 4.78 is 7.59. The highest BCUT2D eigenvalue weighted by molar-refractivity contribution is 5.28. The van der Waals surface area contributed by atoms with Crippen LogP contribution in [0.5, 0.6) is 5.75 Å². The van der Waals surface area contributed by atoms with Crippen molar-refractivity contribution in [3.63, 3.8) is 0 Å². The molecule has 0 unspecified atom stereocenters. The predicted molar refractivity (Wildman–Crippen MR) is 102 cm³/mol. The van der Waals surface area contributed by atoms with Crippen LogP contribution >= 0.6 is 0 Å². The average molecular weight is 371 g/mol. The molecule has 1 fully saturated rings. The van der Waals surface area contributed by atoms with Crippen LogP contribution in [0.25, 0.3) is 0 Å². The Hall–Kier alpha value is -1.96. The van der Waals surface area contributed by atoms with Crippen molar-refractivity contribution in [3.8, 4) is 5.75 Å². The topological polar surface area (TPSA) is 66.6 Å². The van der Waals surface area contributed by atoms with Gasteiger partial charge in [0.2, 0.25) is 0 Å².